The summed E-state index contributed by atoms with van der Waals surface area (Å²) >= 11 is 13.4. The molecular formula is C18H17Cl2NO2S. The zero-order chi connectivity index (χ0) is 17.5. The molecule has 0 heterocycles. The molecular weight excluding hydrogens is 365 g/mol. The van der Waals surface area contributed by atoms with Gasteiger partial charge in [-0.2, -0.15) is 0 Å². The second-order valence-corrected chi connectivity index (χ2v) is 7.06. The molecule has 3 nitrogen and oxygen atoms in total. The van der Waals surface area contributed by atoms with Gasteiger partial charge in [-0.3, -0.25) is 9.59 Å². The molecule has 0 aromatic heterocycles. The van der Waals surface area contributed by atoms with Gasteiger partial charge < -0.3 is 5.32 Å². The van der Waals surface area contributed by atoms with E-state index in [2.05, 4.69) is 5.32 Å². The minimum absolute atomic E-state index is 0.0759. The highest BCUT2D eigenvalue weighted by atomic mass is 35.5. The summed E-state index contributed by atoms with van der Waals surface area (Å²) in [5.41, 5.74) is 1.000. The van der Waals surface area contributed by atoms with Gasteiger partial charge in [-0.25, -0.2) is 0 Å². The maximum Gasteiger partial charge on any atom is 0.230 e. The van der Waals surface area contributed by atoms with Crippen LogP contribution in [0.3, 0.4) is 0 Å². The fourth-order valence-electron chi connectivity index (χ4n) is 2.14. The molecule has 126 valence electrons. The molecule has 1 N–H and O–H groups in total. The van der Waals surface area contributed by atoms with Crippen molar-refractivity contribution in [1.82, 2.24) is 5.32 Å². The van der Waals surface area contributed by atoms with E-state index in [1.54, 1.807) is 18.2 Å². The molecule has 1 atom stereocenters. The van der Waals surface area contributed by atoms with Crippen LogP contribution in [0.5, 0.6) is 0 Å². The SMILES string of the molecule is CC(=O)[C@H](Cc1ccccc1)NC(=O)CSc1c(Cl)cccc1Cl. The van der Waals surface area contributed by atoms with Crippen LogP contribution in [0.25, 0.3) is 0 Å². The summed E-state index contributed by atoms with van der Waals surface area (Å²) in [5.74, 6) is -0.165. The maximum atomic E-state index is 12.2. The van der Waals surface area contributed by atoms with Gasteiger partial charge in [0.25, 0.3) is 0 Å². The Balaban J connectivity index is 1.95. The third-order valence-corrected chi connectivity index (χ3v) is 5.36. The number of nitrogens with one attached hydrogen (secondary N) is 1. The Morgan fingerprint density at radius 3 is 2.25 bits per heavy atom. The first kappa shape index (κ1) is 18.8. The largest absolute Gasteiger partial charge is 0.345 e. The lowest BCUT2D eigenvalue weighted by atomic mass is 10.0. The zero-order valence-corrected chi connectivity index (χ0v) is 15.4. The van der Waals surface area contributed by atoms with E-state index in [-0.39, 0.29) is 17.4 Å². The van der Waals surface area contributed by atoms with Crippen molar-refractivity contribution in [3.8, 4) is 0 Å². The van der Waals surface area contributed by atoms with Crippen LogP contribution in [0.4, 0.5) is 0 Å². The molecule has 0 aliphatic heterocycles. The number of Topliss-reactive ketones (excluding diaryl/α,β-unsaturated/α-hetero) is 1. The highest BCUT2D eigenvalue weighted by Crippen LogP contribution is 2.33. The van der Waals surface area contributed by atoms with Gasteiger partial charge in [-0.05, 0) is 31.0 Å². The third-order valence-electron chi connectivity index (χ3n) is 3.38. The molecule has 0 radical (unpaired) electrons. The van der Waals surface area contributed by atoms with Crippen molar-refractivity contribution in [1.29, 1.82) is 0 Å². The van der Waals surface area contributed by atoms with E-state index in [1.807, 2.05) is 30.3 Å². The highest BCUT2D eigenvalue weighted by molar-refractivity contribution is 8.00. The van der Waals surface area contributed by atoms with Crippen LogP contribution in [0.15, 0.2) is 53.4 Å². The van der Waals surface area contributed by atoms with E-state index in [1.165, 1.54) is 18.7 Å². The van der Waals surface area contributed by atoms with E-state index in [9.17, 15) is 9.59 Å². The molecule has 0 unspecified atom stereocenters. The molecule has 0 aliphatic rings. The van der Waals surface area contributed by atoms with Gasteiger partial charge in [-0.15, -0.1) is 11.8 Å². The number of carbonyl (C=O) groups excluding carboxylic acids is 2. The topological polar surface area (TPSA) is 46.2 Å². The second-order valence-electron chi connectivity index (χ2n) is 5.26. The summed E-state index contributed by atoms with van der Waals surface area (Å²) in [6.45, 7) is 1.48. The smallest absolute Gasteiger partial charge is 0.230 e. The van der Waals surface area contributed by atoms with Crippen molar-refractivity contribution in [2.24, 2.45) is 0 Å². The van der Waals surface area contributed by atoms with Gasteiger partial charge in [-0.1, -0.05) is 59.6 Å². The van der Waals surface area contributed by atoms with Crippen molar-refractivity contribution >= 4 is 46.7 Å². The van der Waals surface area contributed by atoms with E-state index in [0.717, 1.165) is 5.56 Å². The number of hydrogen-bond acceptors (Lipinski definition) is 3. The first-order valence-electron chi connectivity index (χ1n) is 7.38. The van der Waals surface area contributed by atoms with Crippen LogP contribution in [0.1, 0.15) is 12.5 Å². The van der Waals surface area contributed by atoms with E-state index >= 15 is 0 Å². The van der Waals surface area contributed by atoms with Crippen LogP contribution in [0, 0.1) is 0 Å². The average Bonchev–Trinajstić information content (AvgIpc) is 2.54. The average molecular weight is 382 g/mol. The standard InChI is InChI=1S/C18H17Cl2NO2S/c1-12(22)16(10-13-6-3-2-4-7-13)21-17(23)11-24-18-14(19)8-5-9-15(18)20/h2-9,16H,10-11H2,1H3,(H,21,23)/t16-/m0/s1. The fraction of sp³-hybridized carbons (Fsp3) is 0.222. The maximum absolute atomic E-state index is 12.2. The number of thioether (sulfide) groups is 1. The normalized spacial score (nSPS) is 11.8. The Morgan fingerprint density at radius 1 is 1.04 bits per heavy atom. The van der Waals surface area contributed by atoms with Gasteiger partial charge >= 0.3 is 0 Å². The number of benzene rings is 2. The van der Waals surface area contributed by atoms with E-state index in [4.69, 9.17) is 23.2 Å². The number of ketones is 1. The van der Waals surface area contributed by atoms with Crippen molar-refractivity contribution in [2.45, 2.75) is 24.3 Å². The Hall–Kier alpha value is -1.49. The summed E-state index contributed by atoms with van der Waals surface area (Å²) < 4.78 is 0. The number of halogens is 2. The Bertz CT molecular complexity index is 702. The van der Waals surface area contributed by atoms with Crippen LogP contribution in [-0.4, -0.2) is 23.5 Å². The van der Waals surface area contributed by atoms with E-state index in [0.29, 0.717) is 21.4 Å². The Kier molecular flexibility index (Phi) is 7.16. The molecule has 0 saturated heterocycles. The lowest BCUT2D eigenvalue weighted by Crippen LogP contribution is -2.42. The molecule has 0 aliphatic carbocycles. The molecule has 0 saturated carbocycles. The first-order chi connectivity index (χ1) is 11.5. The highest BCUT2D eigenvalue weighted by Gasteiger charge is 2.18. The van der Waals surface area contributed by atoms with Gasteiger partial charge in [0.1, 0.15) is 0 Å². The van der Waals surface area contributed by atoms with E-state index < -0.39 is 6.04 Å². The summed E-state index contributed by atoms with van der Waals surface area (Å²) in [6.07, 6.45) is 0.472. The minimum atomic E-state index is -0.540. The van der Waals surface area contributed by atoms with Crippen LogP contribution in [0.2, 0.25) is 10.0 Å². The Labute approximate surface area is 155 Å². The van der Waals surface area contributed by atoms with Gasteiger partial charge in [0.2, 0.25) is 5.91 Å². The minimum Gasteiger partial charge on any atom is -0.345 e. The molecule has 0 bridgehead atoms. The summed E-state index contributed by atoms with van der Waals surface area (Å²) in [7, 11) is 0. The number of hydrogen-bond donors (Lipinski definition) is 1. The number of carbonyl (C=O) groups is 2. The number of amides is 1. The van der Waals surface area contributed by atoms with Crippen molar-refractivity contribution in [3.05, 3.63) is 64.1 Å². The zero-order valence-electron chi connectivity index (χ0n) is 13.1. The molecule has 2 rings (SSSR count). The van der Waals surface area contributed by atoms with Crippen molar-refractivity contribution in [3.63, 3.8) is 0 Å². The van der Waals surface area contributed by atoms with Crippen LogP contribution < -0.4 is 5.32 Å². The molecule has 24 heavy (non-hydrogen) atoms. The molecule has 0 spiro atoms. The molecule has 2 aromatic carbocycles. The number of rotatable bonds is 7. The lowest BCUT2D eigenvalue weighted by Gasteiger charge is -2.16. The summed E-state index contributed by atoms with van der Waals surface area (Å²) in [6, 6.07) is 14.2. The van der Waals surface area contributed by atoms with Gasteiger partial charge in [0, 0.05) is 4.90 Å². The molecule has 0 fully saturated rings. The monoisotopic (exact) mass is 381 g/mol. The summed E-state index contributed by atoms with van der Waals surface area (Å²) in [4.78, 5) is 24.6. The Morgan fingerprint density at radius 2 is 1.67 bits per heavy atom. The van der Waals surface area contributed by atoms with Crippen LogP contribution in [-0.2, 0) is 16.0 Å². The quantitative estimate of drug-likeness (QED) is 0.722. The molecule has 6 heteroatoms. The first-order valence-corrected chi connectivity index (χ1v) is 9.12. The molecule has 2 aromatic rings. The second kappa shape index (κ2) is 9.11. The molecule has 1 amide bonds. The van der Waals surface area contributed by atoms with Crippen molar-refractivity contribution in [2.75, 3.05) is 5.75 Å². The van der Waals surface area contributed by atoms with Crippen molar-refractivity contribution < 1.29 is 9.59 Å². The summed E-state index contributed by atoms with van der Waals surface area (Å²) in [5, 5.41) is 3.79. The van der Waals surface area contributed by atoms with Gasteiger partial charge in [0.05, 0.1) is 21.8 Å². The lowest BCUT2D eigenvalue weighted by molar-refractivity contribution is -0.125. The predicted molar refractivity (Wildman–Crippen MR) is 99.9 cm³/mol. The van der Waals surface area contributed by atoms with Crippen LogP contribution >= 0.6 is 35.0 Å². The fourth-order valence-corrected chi connectivity index (χ4v) is 3.64. The predicted octanol–water partition coefficient (Wildman–Crippen LogP) is 4.40. The van der Waals surface area contributed by atoms with Gasteiger partial charge in [0.15, 0.2) is 5.78 Å². The third kappa shape index (κ3) is 5.55.